The van der Waals surface area contributed by atoms with Crippen molar-refractivity contribution in [2.45, 2.75) is 51.7 Å². The van der Waals surface area contributed by atoms with E-state index < -0.39 is 0 Å². The van der Waals surface area contributed by atoms with Gasteiger partial charge in [0.2, 0.25) is 0 Å². The molecule has 1 atom stereocenters. The molecule has 21 heavy (non-hydrogen) atoms. The van der Waals surface area contributed by atoms with Crippen LogP contribution >= 0.6 is 31.9 Å². The summed E-state index contributed by atoms with van der Waals surface area (Å²) in [6.07, 6.45) is 2.66. The third kappa shape index (κ3) is 6.27. The van der Waals surface area contributed by atoms with Gasteiger partial charge in [-0.3, -0.25) is 0 Å². The zero-order valence-corrected chi connectivity index (χ0v) is 16.4. The Balaban J connectivity index is 2.72. The quantitative estimate of drug-likeness (QED) is 0.660. The summed E-state index contributed by atoms with van der Waals surface area (Å²) in [6, 6.07) is 4.35. The van der Waals surface area contributed by atoms with Crippen LogP contribution < -0.4 is 10.5 Å². The van der Waals surface area contributed by atoms with Crippen molar-refractivity contribution < 1.29 is 9.47 Å². The van der Waals surface area contributed by atoms with E-state index in [1.165, 1.54) is 5.56 Å². The topological polar surface area (TPSA) is 44.5 Å². The van der Waals surface area contributed by atoms with E-state index in [1.54, 1.807) is 7.11 Å². The molecule has 0 spiro atoms. The second-order valence-electron chi connectivity index (χ2n) is 5.82. The number of hydrogen-bond acceptors (Lipinski definition) is 3. The van der Waals surface area contributed by atoms with Gasteiger partial charge in [-0.2, -0.15) is 0 Å². The summed E-state index contributed by atoms with van der Waals surface area (Å²) < 4.78 is 13.2. The van der Waals surface area contributed by atoms with Gasteiger partial charge in [0.25, 0.3) is 0 Å². The average Bonchev–Trinajstić information content (AvgIpc) is 2.41. The smallest absolute Gasteiger partial charge is 0.147 e. The van der Waals surface area contributed by atoms with E-state index in [0.717, 1.165) is 34.0 Å². The highest BCUT2D eigenvalue weighted by Crippen LogP contribution is 2.35. The number of nitrogens with two attached hydrogens (primary N) is 1. The third-order valence-corrected chi connectivity index (χ3v) is 4.76. The molecule has 0 fully saturated rings. The van der Waals surface area contributed by atoms with Crippen LogP contribution in [-0.4, -0.2) is 25.4 Å². The summed E-state index contributed by atoms with van der Waals surface area (Å²) in [4.78, 5) is 0. The molecule has 1 aromatic carbocycles. The van der Waals surface area contributed by atoms with E-state index in [2.05, 4.69) is 64.8 Å². The zero-order valence-electron chi connectivity index (χ0n) is 13.2. The van der Waals surface area contributed by atoms with Crippen LogP contribution in [0.4, 0.5) is 0 Å². The number of methoxy groups -OCH3 is 1. The molecule has 120 valence electrons. The first-order valence-electron chi connectivity index (χ1n) is 7.20. The molecule has 0 heterocycles. The van der Waals surface area contributed by atoms with E-state index in [1.807, 2.05) is 0 Å². The summed E-state index contributed by atoms with van der Waals surface area (Å²) in [7, 11) is 1.72. The molecule has 0 aliphatic heterocycles. The fraction of sp³-hybridized carbons (Fsp3) is 0.625. The molecule has 0 aliphatic carbocycles. The van der Waals surface area contributed by atoms with Crippen LogP contribution in [0.5, 0.6) is 5.75 Å². The lowest BCUT2D eigenvalue weighted by atomic mass is 10.0. The molecule has 5 heteroatoms. The molecule has 1 rings (SSSR count). The predicted molar refractivity (Wildman–Crippen MR) is 95.0 cm³/mol. The Morgan fingerprint density at radius 3 is 2.29 bits per heavy atom. The second kappa shape index (κ2) is 8.51. The minimum atomic E-state index is -0.174. The Morgan fingerprint density at radius 1 is 1.24 bits per heavy atom. The Kier molecular flexibility index (Phi) is 7.68. The normalized spacial score (nSPS) is 13.3. The van der Waals surface area contributed by atoms with Crippen molar-refractivity contribution in [2.24, 2.45) is 5.73 Å². The van der Waals surface area contributed by atoms with E-state index in [-0.39, 0.29) is 11.6 Å². The monoisotopic (exact) mass is 421 g/mol. The number of benzene rings is 1. The fourth-order valence-electron chi connectivity index (χ4n) is 1.82. The van der Waals surface area contributed by atoms with Crippen molar-refractivity contribution in [1.29, 1.82) is 0 Å². The lowest BCUT2D eigenvalue weighted by Gasteiger charge is -2.23. The van der Waals surface area contributed by atoms with Crippen LogP contribution in [-0.2, 0) is 11.2 Å². The predicted octanol–water partition coefficient (Wildman–Crippen LogP) is 4.69. The third-order valence-electron chi connectivity index (χ3n) is 3.58. The second-order valence-corrected chi connectivity index (χ2v) is 7.53. The molecule has 0 radical (unpaired) electrons. The van der Waals surface area contributed by atoms with Crippen molar-refractivity contribution in [3.8, 4) is 5.75 Å². The molecule has 0 saturated carbocycles. The van der Waals surface area contributed by atoms with E-state index in [4.69, 9.17) is 15.2 Å². The highest BCUT2D eigenvalue weighted by atomic mass is 79.9. The number of rotatable bonds is 8. The molecule has 1 unspecified atom stereocenters. The number of hydrogen-bond donors (Lipinski definition) is 1. The van der Waals surface area contributed by atoms with Gasteiger partial charge in [0.05, 0.1) is 21.2 Å². The molecular formula is C16H25Br2NO2. The Hall–Kier alpha value is -0.100. The zero-order chi connectivity index (χ0) is 16.0. The van der Waals surface area contributed by atoms with E-state index in [9.17, 15) is 0 Å². The highest BCUT2D eigenvalue weighted by Gasteiger charge is 2.17. The van der Waals surface area contributed by atoms with Crippen LogP contribution in [0, 0.1) is 0 Å². The van der Waals surface area contributed by atoms with Gasteiger partial charge in [-0.25, -0.2) is 0 Å². The van der Waals surface area contributed by atoms with Crippen LogP contribution in [0.2, 0.25) is 0 Å². The molecule has 0 bridgehead atoms. The first-order chi connectivity index (χ1) is 9.79. The Morgan fingerprint density at radius 2 is 1.81 bits per heavy atom. The number of halogens is 2. The van der Waals surface area contributed by atoms with Crippen LogP contribution in [0.1, 0.15) is 39.2 Å². The van der Waals surface area contributed by atoms with Crippen LogP contribution in [0.25, 0.3) is 0 Å². The van der Waals surface area contributed by atoms with E-state index >= 15 is 0 Å². The minimum Gasteiger partial charge on any atom is -0.491 e. The highest BCUT2D eigenvalue weighted by molar-refractivity contribution is 9.11. The maximum Gasteiger partial charge on any atom is 0.147 e. The molecular weight excluding hydrogens is 398 g/mol. The minimum absolute atomic E-state index is 0.174. The first kappa shape index (κ1) is 18.9. The Bertz CT molecular complexity index is 441. The van der Waals surface area contributed by atoms with Gasteiger partial charge < -0.3 is 15.2 Å². The summed E-state index contributed by atoms with van der Waals surface area (Å²) in [5.74, 6) is 0.829. The van der Waals surface area contributed by atoms with Crippen molar-refractivity contribution in [3.05, 3.63) is 26.6 Å². The maximum atomic E-state index is 6.01. The molecule has 3 nitrogen and oxygen atoms in total. The molecule has 2 N–H and O–H groups in total. The van der Waals surface area contributed by atoms with Crippen LogP contribution in [0.15, 0.2) is 21.1 Å². The van der Waals surface area contributed by atoms with Gasteiger partial charge in [-0.05, 0) is 76.2 Å². The summed E-state index contributed by atoms with van der Waals surface area (Å²) in [5.41, 5.74) is 7.04. The van der Waals surface area contributed by atoms with Gasteiger partial charge in [-0.1, -0.05) is 6.92 Å². The summed E-state index contributed by atoms with van der Waals surface area (Å²) in [6.45, 7) is 6.81. The van der Waals surface area contributed by atoms with Gasteiger partial charge in [0.15, 0.2) is 0 Å². The lowest BCUT2D eigenvalue weighted by molar-refractivity contribution is 0.00533. The van der Waals surface area contributed by atoms with Crippen molar-refractivity contribution in [2.75, 3.05) is 13.7 Å². The molecule has 0 aliphatic rings. The molecule has 0 aromatic heterocycles. The summed E-state index contributed by atoms with van der Waals surface area (Å²) >= 11 is 7.16. The average molecular weight is 423 g/mol. The molecule has 1 aromatic rings. The van der Waals surface area contributed by atoms with Crippen LogP contribution in [0.3, 0.4) is 0 Å². The van der Waals surface area contributed by atoms with Crippen molar-refractivity contribution >= 4 is 31.9 Å². The summed E-state index contributed by atoms with van der Waals surface area (Å²) in [5, 5.41) is 0. The number of ether oxygens (including phenoxy) is 2. The largest absolute Gasteiger partial charge is 0.491 e. The van der Waals surface area contributed by atoms with E-state index in [0.29, 0.717) is 6.61 Å². The standard InChI is InChI=1S/C16H25Br2NO2/c1-5-12(19)8-11-9-13(17)15(14(18)10-11)21-7-6-16(2,3)20-4/h9-10,12H,5-8,19H2,1-4H3. The van der Waals surface area contributed by atoms with Gasteiger partial charge in [0.1, 0.15) is 5.75 Å². The van der Waals surface area contributed by atoms with Gasteiger partial charge >= 0.3 is 0 Å². The molecule has 0 saturated heterocycles. The van der Waals surface area contributed by atoms with Crippen molar-refractivity contribution in [3.63, 3.8) is 0 Å². The van der Waals surface area contributed by atoms with Crippen molar-refractivity contribution in [1.82, 2.24) is 0 Å². The maximum absolute atomic E-state index is 6.01. The Labute approximate surface area is 144 Å². The van der Waals surface area contributed by atoms with Gasteiger partial charge in [0, 0.05) is 19.6 Å². The van der Waals surface area contributed by atoms with Gasteiger partial charge in [-0.15, -0.1) is 0 Å². The molecule has 0 amide bonds. The SMILES string of the molecule is CCC(N)Cc1cc(Br)c(OCCC(C)(C)OC)c(Br)c1. The fourth-order valence-corrected chi connectivity index (χ4v) is 3.33. The lowest BCUT2D eigenvalue weighted by Crippen LogP contribution is -2.25. The first-order valence-corrected chi connectivity index (χ1v) is 8.79.